The van der Waals surface area contributed by atoms with Crippen LogP contribution in [0.1, 0.15) is 29.0 Å². The number of nitrogens with one attached hydrogen (secondary N) is 2. The molecule has 9 aromatic carbocycles. The van der Waals surface area contributed by atoms with Crippen LogP contribution in [0, 0.1) is 0 Å². The lowest BCUT2D eigenvalue weighted by atomic mass is 9.95. The van der Waals surface area contributed by atoms with Gasteiger partial charge < -0.3 is 9.73 Å². The zero-order valence-electron chi connectivity index (χ0n) is 31.1. The van der Waals surface area contributed by atoms with Gasteiger partial charge in [0.15, 0.2) is 0 Å². The molecule has 0 radical (unpaired) electrons. The van der Waals surface area contributed by atoms with Gasteiger partial charge in [-0.25, -0.2) is 4.99 Å². The number of aliphatic imine (C=N–C) groups is 1. The van der Waals surface area contributed by atoms with Crippen LogP contribution < -0.4 is 10.6 Å². The molecule has 0 bridgehead atoms. The number of hydrogen-bond acceptors (Lipinski definition) is 4. The standard InChI is InChI=1S/C53H37N3O/c1-3-11-34(12-4-1)41-29-30-47-49(33-41)57-48-20-10-19-46(50(47)48)42-27-25-40-32-43(28-26-39(40)31-42)53-55-51(37-14-5-2-6-15-37)54-52(56-53)38-23-21-36(22-24-38)45-18-9-16-35-13-7-8-17-44(35)45/h1-33,51,53,55H,(H,54,56). The van der Waals surface area contributed by atoms with Crippen molar-refractivity contribution in [3.63, 3.8) is 0 Å². The van der Waals surface area contributed by atoms with Gasteiger partial charge in [0.1, 0.15) is 29.3 Å². The van der Waals surface area contributed by atoms with Gasteiger partial charge in [0.25, 0.3) is 0 Å². The highest BCUT2D eigenvalue weighted by molar-refractivity contribution is 6.13. The zero-order valence-corrected chi connectivity index (χ0v) is 31.1. The van der Waals surface area contributed by atoms with Gasteiger partial charge in [0, 0.05) is 16.3 Å². The number of benzene rings is 9. The summed E-state index contributed by atoms with van der Waals surface area (Å²) in [4.78, 5) is 5.29. The van der Waals surface area contributed by atoms with E-state index in [0.717, 1.165) is 61.2 Å². The van der Waals surface area contributed by atoms with Gasteiger partial charge in [-0.3, -0.25) is 5.32 Å². The SMILES string of the molecule is c1ccc(-c2ccc3c(c2)oc2cccc(-c4ccc5cc(C6N=C(c7ccc(-c8cccc9ccccc89)cc7)NC(c7ccccc7)N6)ccc5c4)c23)cc1. The van der Waals surface area contributed by atoms with Crippen molar-refractivity contribution in [2.45, 2.75) is 12.3 Å². The summed E-state index contributed by atoms with van der Waals surface area (Å²) < 4.78 is 6.45. The average Bonchev–Trinajstić information content (AvgIpc) is 3.67. The molecule has 1 aliphatic heterocycles. The van der Waals surface area contributed by atoms with Gasteiger partial charge in [0.05, 0.1) is 0 Å². The molecule has 0 spiro atoms. The molecule has 0 saturated heterocycles. The Bertz CT molecular complexity index is 3120. The molecule has 10 aromatic rings. The largest absolute Gasteiger partial charge is 0.456 e. The van der Waals surface area contributed by atoms with Crippen LogP contribution in [0.5, 0.6) is 0 Å². The third-order valence-electron chi connectivity index (χ3n) is 11.4. The van der Waals surface area contributed by atoms with Crippen molar-refractivity contribution < 1.29 is 4.42 Å². The summed E-state index contributed by atoms with van der Waals surface area (Å²) in [6.45, 7) is 0. The minimum atomic E-state index is -0.250. The van der Waals surface area contributed by atoms with Crippen LogP contribution in [0.4, 0.5) is 0 Å². The Morgan fingerprint density at radius 3 is 1.96 bits per heavy atom. The zero-order chi connectivity index (χ0) is 37.7. The van der Waals surface area contributed by atoms with E-state index in [0.29, 0.717) is 0 Å². The lowest BCUT2D eigenvalue weighted by molar-refractivity contribution is 0.409. The molecule has 4 nitrogen and oxygen atoms in total. The fourth-order valence-corrected chi connectivity index (χ4v) is 8.46. The second kappa shape index (κ2) is 13.8. The average molecular weight is 732 g/mol. The number of furan rings is 1. The van der Waals surface area contributed by atoms with Crippen molar-refractivity contribution in [2.75, 3.05) is 0 Å². The number of nitrogens with zero attached hydrogens (tertiary/aromatic N) is 1. The molecule has 4 heteroatoms. The Morgan fingerprint density at radius 1 is 0.404 bits per heavy atom. The predicted molar refractivity (Wildman–Crippen MR) is 236 cm³/mol. The van der Waals surface area contributed by atoms with Crippen molar-refractivity contribution >= 4 is 49.3 Å². The van der Waals surface area contributed by atoms with Crippen molar-refractivity contribution in [3.05, 3.63) is 217 Å². The van der Waals surface area contributed by atoms with Crippen LogP contribution >= 0.6 is 0 Å². The molecule has 57 heavy (non-hydrogen) atoms. The lowest BCUT2D eigenvalue weighted by Gasteiger charge is -2.32. The highest BCUT2D eigenvalue weighted by Gasteiger charge is 2.26. The fourth-order valence-electron chi connectivity index (χ4n) is 8.46. The number of rotatable bonds is 6. The second-order valence-corrected chi connectivity index (χ2v) is 14.8. The van der Waals surface area contributed by atoms with Crippen LogP contribution in [0.2, 0.25) is 0 Å². The molecule has 0 fully saturated rings. The van der Waals surface area contributed by atoms with Crippen LogP contribution in [-0.2, 0) is 0 Å². The van der Waals surface area contributed by atoms with E-state index < -0.39 is 0 Å². The van der Waals surface area contributed by atoms with Crippen LogP contribution in [0.15, 0.2) is 210 Å². The molecule has 11 rings (SSSR count). The third-order valence-corrected chi connectivity index (χ3v) is 11.4. The number of amidine groups is 1. The number of hydrogen-bond donors (Lipinski definition) is 2. The molecule has 0 saturated carbocycles. The first-order valence-corrected chi connectivity index (χ1v) is 19.5. The van der Waals surface area contributed by atoms with Crippen LogP contribution in [-0.4, -0.2) is 5.84 Å². The molecule has 0 amide bonds. The molecule has 2 heterocycles. The van der Waals surface area contributed by atoms with E-state index in [2.05, 4.69) is 205 Å². The van der Waals surface area contributed by atoms with E-state index in [-0.39, 0.29) is 12.3 Å². The molecule has 1 aliphatic rings. The summed E-state index contributed by atoms with van der Waals surface area (Å²) in [5.41, 5.74) is 12.2. The Labute approximate surface area is 330 Å². The predicted octanol–water partition coefficient (Wildman–Crippen LogP) is 13.2. The quantitative estimate of drug-likeness (QED) is 0.179. The van der Waals surface area contributed by atoms with Crippen molar-refractivity contribution in [1.29, 1.82) is 0 Å². The van der Waals surface area contributed by atoms with Gasteiger partial charge in [-0.1, -0.05) is 170 Å². The van der Waals surface area contributed by atoms with E-state index in [4.69, 9.17) is 9.41 Å². The van der Waals surface area contributed by atoms with Crippen molar-refractivity contribution in [2.24, 2.45) is 4.99 Å². The lowest BCUT2D eigenvalue weighted by Crippen LogP contribution is -2.44. The maximum atomic E-state index is 6.45. The van der Waals surface area contributed by atoms with E-state index in [1.165, 1.54) is 38.2 Å². The Balaban J connectivity index is 0.935. The van der Waals surface area contributed by atoms with Gasteiger partial charge in [0.2, 0.25) is 0 Å². The molecule has 2 N–H and O–H groups in total. The molecule has 1 aromatic heterocycles. The summed E-state index contributed by atoms with van der Waals surface area (Å²) in [7, 11) is 0. The van der Waals surface area contributed by atoms with Gasteiger partial charge in [-0.2, -0.15) is 0 Å². The summed E-state index contributed by atoms with van der Waals surface area (Å²) in [5.74, 6) is 0.865. The maximum Gasteiger partial charge on any atom is 0.136 e. The molecule has 2 atom stereocenters. The maximum absolute atomic E-state index is 6.45. The fraction of sp³-hybridized carbons (Fsp3) is 0.0377. The summed E-state index contributed by atoms with van der Waals surface area (Å²) >= 11 is 0. The first kappa shape index (κ1) is 33.1. The topological polar surface area (TPSA) is 49.6 Å². The van der Waals surface area contributed by atoms with Crippen molar-refractivity contribution in [3.8, 4) is 33.4 Å². The minimum absolute atomic E-state index is 0.117. The first-order chi connectivity index (χ1) is 28.2. The normalized spacial score (nSPS) is 15.5. The summed E-state index contributed by atoms with van der Waals surface area (Å²) in [6, 6.07) is 71.2. The second-order valence-electron chi connectivity index (χ2n) is 14.8. The summed E-state index contributed by atoms with van der Waals surface area (Å²) in [5, 5.41) is 14.6. The van der Waals surface area contributed by atoms with Crippen LogP contribution in [0.25, 0.3) is 76.9 Å². The smallest absolute Gasteiger partial charge is 0.136 e. The Hall–Kier alpha value is -7.27. The molecule has 2 unspecified atom stereocenters. The molecule has 270 valence electrons. The molecule has 0 aliphatic carbocycles. The molecular weight excluding hydrogens is 695 g/mol. The van der Waals surface area contributed by atoms with E-state index in [9.17, 15) is 0 Å². The monoisotopic (exact) mass is 731 g/mol. The van der Waals surface area contributed by atoms with Gasteiger partial charge >= 0.3 is 0 Å². The summed E-state index contributed by atoms with van der Waals surface area (Å²) in [6.07, 6.45) is -0.367. The van der Waals surface area contributed by atoms with Gasteiger partial charge in [-0.05, 0) is 96.4 Å². The van der Waals surface area contributed by atoms with Crippen LogP contribution in [0.3, 0.4) is 0 Å². The van der Waals surface area contributed by atoms with E-state index in [1.54, 1.807) is 0 Å². The minimum Gasteiger partial charge on any atom is -0.456 e. The Kier molecular flexibility index (Phi) is 8.01. The Morgan fingerprint density at radius 2 is 1.09 bits per heavy atom. The van der Waals surface area contributed by atoms with Gasteiger partial charge in [-0.15, -0.1) is 0 Å². The number of fused-ring (bicyclic) bond motifs is 5. The van der Waals surface area contributed by atoms with E-state index >= 15 is 0 Å². The highest BCUT2D eigenvalue weighted by Crippen LogP contribution is 2.39. The highest BCUT2D eigenvalue weighted by atomic mass is 16.3. The first-order valence-electron chi connectivity index (χ1n) is 19.5. The van der Waals surface area contributed by atoms with E-state index in [1.807, 2.05) is 6.07 Å². The third kappa shape index (κ3) is 6.04. The molecular formula is C53H37N3O. The van der Waals surface area contributed by atoms with Crippen molar-refractivity contribution in [1.82, 2.24) is 10.6 Å².